The predicted octanol–water partition coefficient (Wildman–Crippen LogP) is 1.19. The first-order valence-electron chi connectivity index (χ1n) is 4.70. The molecular formula is C9H10N4OS. The molecule has 0 amide bonds. The van der Waals surface area contributed by atoms with E-state index in [1.807, 2.05) is 0 Å². The lowest BCUT2D eigenvalue weighted by atomic mass is 10.2. The van der Waals surface area contributed by atoms with Crippen molar-refractivity contribution in [3.05, 3.63) is 16.8 Å². The van der Waals surface area contributed by atoms with E-state index in [1.165, 1.54) is 4.88 Å². The largest absolute Gasteiger partial charge is 0.383 e. The lowest BCUT2D eigenvalue weighted by Crippen LogP contribution is -2.07. The molecule has 2 aromatic heterocycles. The Morgan fingerprint density at radius 3 is 3.20 bits per heavy atom. The standard InChI is InChI=1S/C9H10N4OS/c10-8-5(3-11-13-8)9-12-6-1-2-14-4-7(6)15-9/h3H,1-2,4H2,(H3,10,11,13). The third-order valence-electron chi connectivity index (χ3n) is 2.39. The number of thiazole rings is 1. The topological polar surface area (TPSA) is 76.8 Å². The fourth-order valence-electron chi connectivity index (χ4n) is 1.61. The molecular weight excluding hydrogens is 212 g/mol. The third-order valence-corrected chi connectivity index (χ3v) is 3.50. The summed E-state index contributed by atoms with van der Waals surface area (Å²) in [4.78, 5) is 5.76. The lowest BCUT2D eigenvalue weighted by molar-refractivity contribution is 0.112. The molecule has 0 aromatic carbocycles. The van der Waals surface area contributed by atoms with Gasteiger partial charge in [-0.1, -0.05) is 0 Å². The first-order chi connectivity index (χ1) is 7.34. The van der Waals surface area contributed by atoms with E-state index in [4.69, 9.17) is 10.5 Å². The van der Waals surface area contributed by atoms with Crippen molar-refractivity contribution in [3.63, 3.8) is 0 Å². The van der Waals surface area contributed by atoms with Crippen molar-refractivity contribution >= 4 is 17.2 Å². The fraction of sp³-hybridized carbons (Fsp3) is 0.333. The number of nitrogen functional groups attached to an aromatic ring is 1. The van der Waals surface area contributed by atoms with Gasteiger partial charge < -0.3 is 10.5 Å². The van der Waals surface area contributed by atoms with Gasteiger partial charge in [-0.25, -0.2) is 4.98 Å². The van der Waals surface area contributed by atoms with Gasteiger partial charge in [0.15, 0.2) is 0 Å². The van der Waals surface area contributed by atoms with Gasteiger partial charge in [-0.05, 0) is 0 Å². The van der Waals surface area contributed by atoms with E-state index in [2.05, 4.69) is 15.2 Å². The Morgan fingerprint density at radius 1 is 1.53 bits per heavy atom. The van der Waals surface area contributed by atoms with E-state index in [0.717, 1.165) is 29.3 Å². The molecule has 3 N–H and O–H groups in total. The van der Waals surface area contributed by atoms with Crippen LogP contribution in [0.1, 0.15) is 10.6 Å². The minimum absolute atomic E-state index is 0.571. The number of H-pyrrole nitrogens is 1. The maximum Gasteiger partial charge on any atom is 0.129 e. The van der Waals surface area contributed by atoms with Gasteiger partial charge in [-0.2, -0.15) is 5.10 Å². The molecule has 0 unspecified atom stereocenters. The quantitative estimate of drug-likeness (QED) is 0.759. The number of hydrogen-bond acceptors (Lipinski definition) is 5. The zero-order chi connectivity index (χ0) is 10.3. The summed E-state index contributed by atoms with van der Waals surface area (Å²) in [5, 5.41) is 7.53. The molecule has 0 aliphatic carbocycles. The summed E-state index contributed by atoms with van der Waals surface area (Å²) in [6.45, 7) is 1.43. The molecule has 3 heterocycles. The van der Waals surface area contributed by atoms with E-state index in [1.54, 1.807) is 17.5 Å². The Bertz CT molecular complexity index is 467. The summed E-state index contributed by atoms with van der Waals surface area (Å²) in [6, 6.07) is 0. The molecule has 1 aliphatic heterocycles. The minimum Gasteiger partial charge on any atom is -0.383 e. The van der Waals surface area contributed by atoms with Crippen LogP contribution in [0.4, 0.5) is 5.82 Å². The predicted molar refractivity (Wildman–Crippen MR) is 57.5 cm³/mol. The van der Waals surface area contributed by atoms with Crippen LogP contribution in [0, 0.1) is 0 Å². The smallest absolute Gasteiger partial charge is 0.129 e. The second-order valence-corrected chi connectivity index (χ2v) is 4.47. The molecule has 5 nitrogen and oxygen atoms in total. The Balaban J connectivity index is 2.06. The van der Waals surface area contributed by atoms with Gasteiger partial charge in [-0.15, -0.1) is 11.3 Å². The number of nitrogens with one attached hydrogen (secondary N) is 1. The first kappa shape index (κ1) is 8.87. The van der Waals surface area contributed by atoms with Crippen molar-refractivity contribution in [3.8, 4) is 10.6 Å². The van der Waals surface area contributed by atoms with E-state index < -0.39 is 0 Å². The molecule has 0 bridgehead atoms. The van der Waals surface area contributed by atoms with Gasteiger partial charge in [0.2, 0.25) is 0 Å². The number of ether oxygens (including phenoxy) is 1. The highest BCUT2D eigenvalue weighted by Crippen LogP contribution is 2.32. The molecule has 15 heavy (non-hydrogen) atoms. The lowest BCUT2D eigenvalue weighted by Gasteiger charge is -2.08. The summed E-state index contributed by atoms with van der Waals surface area (Å²) in [5.41, 5.74) is 7.77. The van der Waals surface area contributed by atoms with Crippen molar-refractivity contribution in [2.75, 3.05) is 12.3 Å². The molecule has 6 heteroatoms. The number of nitrogens with two attached hydrogens (primary N) is 1. The SMILES string of the molecule is Nc1[nH]ncc1-c1nc2c(s1)COCC2. The Hall–Kier alpha value is -1.40. The van der Waals surface area contributed by atoms with Crippen LogP contribution in [0.25, 0.3) is 10.6 Å². The molecule has 0 fully saturated rings. The minimum atomic E-state index is 0.571. The first-order valence-corrected chi connectivity index (χ1v) is 5.52. The van der Waals surface area contributed by atoms with Gasteiger partial charge >= 0.3 is 0 Å². The molecule has 78 valence electrons. The normalized spacial score (nSPS) is 15.2. The number of aromatic amines is 1. The molecule has 0 spiro atoms. The Kier molecular flexibility index (Phi) is 1.96. The van der Waals surface area contributed by atoms with E-state index >= 15 is 0 Å². The van der Waals surface area contributed by atoms with Crippen LogP contribution in [-0.4, -0.2) is 21.8 Å². The van der Waals surface area contributed by atoms with Crippen LogP contribution in [-0.2, 0) is 17.8 Å². The second-order valence-electron chi connectivity index (χ2n) is 3.39. The monoisotopic (exact) mass is 222 g/mol. The number of rotatable bonds is 1. The maximum absolute atomic E-state index is 5.75. The van der Waals surface area contributed by atoms with Gasteiger partial charge in [0, 0.05) is 6.42 Å². The Labute approximate surface area is 90.3 Å². The van der Waals surface area contributed by atoms with Crippen LogP contribution in [0.3, 0.4) is 0 Å². The zero-order valence-corrected chi connectivity index (χ0v) is 8.80. The average Bonchev–Trinajstić information content (AvgIpc) is 2.82. The van der Waals surface area contributed by atoms with Crippen molar-refractivity contribution < 1.29 is 4.74 Å². The van der Waals surface area contributed by atoms with E-state index in [0.29, 0.717) is 12.4 Å². The second kappa shape index (κ2) is 3.32. The fourth-order valence-corrected chi connectivity index (χ4v) is 2.68. The molecule has 0 saturated carbocycles. The van der Waals surface area contributed by atoms with Crippen LogP contribution >= 0.6 is 11.3 Å². The number of anilines is 1. The van der Waals surface area contributed by atoms with Crippen LogP contribution in [0.5, 0.6) is 0 Å². The molecule has 2 aromatic rings. The number of nitrogens with zero attached hydrogens (tertiary/aromatic N) is 2. The summed E-state index contributed by atoms with van der Waals surface area (Å²) in [7, 11) is 0. The molecule has 0 radical (unpaired) electrons. The van der Waals surface area contributed by atoms with Crippen LogP contribution < -0.4 is 5.73 Å². The molecule has 0 saturated heterocycles. The van der Waals surface area contributed by atoms with Crippen LogP contribution in [0.2, 0.25) is 0 Å². The number of fused-ring (bicyclic) bond motifs is 1. The van der Waals surface area contributed by atoms with Crippen molar-refractivity contribution in [1.29, 1.82) is 0 Å². The summed E-state index contributed by atoms with van der Waals surface area (Å²) in [5.74, 6) is 0.571. The van der Waals surface area contributed by atoms with Gasteiger partial charge in [0.1, 0.15) is 10.8 Å². The number of hydrogen-bond donors (Lipinski definition) is 2. The summed E-state index contributed by atoms with van der Waals surface area (Å²) in [6.07, 6.45) is 2.60. The summed E-state index contributed by atoms with van der Waals surface area (Å²) >= 11 is 1.63. The highest BCUT2D eigenvalue weighted by atomic mass is 32.1. The molecule has 0 atom stereocenters. The Morgan fingerprint density at radius 2 is 2.47 bits per heavy atom. The van der Waals surface area contributed by atoms with E-state index in [-0.39, 0.29) is 0 Å². The highest BCUT2D eigenvalue weighted by Gasteiger charge is 2.18. The van der Waals surface area contributed by atoms with Gasteiger partial charge in [0.05, 0.1) is 35.5 Å². The van der Waals surface area contributed by atoms with Crippen molar-refractivity contribution in [1.82, 2.24) is 15.2 Å². The molecule has 3 rings (SSSR count). The van der Waals surface area contributed by atoms with E-state index in [9.17, 15) is 0 Å². The van der Waals surface area contributed by atoms with Gasteiger partial charge in [0.25, 0.3) is 0 Å². The number of aromatic nitrogens is 3. The average molecular weight is 222 g/mol. The summed E-state index contributed by atoms with van der Waals surface area (Å²) < 4.78 is 5.37. The van der Waals surface area contributed by atoms with Crippen LogP contribution in [0.15, 0.2) is 6.20 Å². The van der Waals surface area contributed by atoms with Crippen molar-refractivity contribution in [2.45, 2.75) is 13.0 Å². The van der Waals surface area contributed by atoms with Gasteiger partial charge in [-0.3, -0.25) is 5.10 Å². The molecule has 1 aliphatic rings. The highest BCUT2D eigenvalue weighted by molar-refractivity contribution is 7.15. The van der Waals surface area contributed by atoms with Crippen molar-refractivity contribution in [2.24, 2.45) is 0 Å². The maximum atomic E-state index is 5.75. The third kappa shape index (κ3) is 1.42. The zero-order valence-electron chi connectivity index (χ0n) is 7.99.